The first-order valence-corrected chi connectivity index (χ1v) is 10.3. The molecule has 0 saturated heterocycles. The van der Waals surface area contributed by atoms with E-state index in [1.165, 1.54) is 12.8 Å². The Labute approximate surface area is 178 Å². The molecule has 1 N–H and O–H groups in total. The first-order chi connectivity index (χ1) is 14.4. The van der Waals surface area contributed by atoms with Gasteiger partial charge in [-0.1, -0.05) is 12.8 Å². The van der Waals surface area contributed by atoms with Crippen LogP contribution in [0.15, 0.2) is 18.2 Å². The molecular weight excluding hydrogens is 380 g/mol. The molecule has 1 aromatic heterocycles. The second kappa shape index (κ2) is 9.12. The molecule has 7 nitrogen and oxygen atoms in total. The van der Waals surface area contributed by atoms with Gasteiger partial charge in [-0.05, 0) is 44.4 Å². The quantitative estimate of drug-likeness (QED) is 0.741. The summed E-state index contributed by atoms with van der Waals surface area (Å²) in [5.41, 5.74) is 3.39. The van der Waals surface area contributed by atoms with Crippen molar-refractivity contribution in [1.29, 1.82) is 5.26 Å². The van der Waals surface area contributed by atoms with Gasteiger partial charge in [0.25, 0.3) is 0 Å². The first kappa shape index (κ1) is 21.6. The molecule has 0 bridgehead atoms. The average Bonchev–Trinajstić information content (AvgIpc) is 3.34. The molecule has 1 fully saturated rings. The van der Waals surface area contributed by atoms with Crippen molar-refractivity contribution in [2.45, 2.75) is 45.6 Å². The first-order valence-electron chi connectivity index (χ1n) is 10.3. The van der Waals surface area contributed by atoms with E-state index in [0.717, 1.165) is 29.8 Å². The summed E-state index contributed by atoms with van der Waals surface area (Å²) in [5, 5.41) is 12.7. The van der Waals surface area contributed by atoms with E-state index in [2.05, 4.69) is 16.0 Å². The normalized spacial score (nSPS) is 13.7. The number of aromatic nitrogens is 1. The number of nitriles is 1. The van der Waals surface area contributed by atoms with Crippen molar-refractivity contribution in [3.8, 4) is 17.6 Å². The van der Waals surface area contributed by atoms with Gasteiger partial charge in [-0.2, -0.15) is 5.26 Å². The van der Waals surface area contributed by atoms with E-state index >= 15 is 0 Å². The summed E-state index contributed by atoms with van der Waals surface area (Å²) in [4.78, 5) is 14.7. The standard InChI is InChI=1S/C23H30N4O3/c1-15-16(2)27(17-8-6-7-9-17)23(19(15)13-24)25-22(28)14-26(3)18-10-11-20(29-4)21(12-18)30-5/h10-12,17H,6-9,14H2,1-5H3,(H,25,28). The van der Waals surface area contributed by atoms with Gasteiger partial charge in [0.05, 0.1) is 26.3 Å². The number of likely N-dealkylation sites (N-methyl/N-ethyl adjacent to an activating group) is 1. The number of nitrogens with one attached hydrogen (secondary N) is 1. The van der Waals surface area contributed by atoms with E-state index in [1.807, 2.05) is 44.0 Å². The highest BCUT2D eigenvalue weighted by atomic mass is 16.5. The molecule has 0 aliphatic heterocycles. The van der Waals surface area contributed by atoms with Gasteiger partial charge in [0, 0.05) is 30.5 Å². The fraction of sp³-hybridized carbons (Fsp3) is 0.478. The van der Waals surface area contributed by atoms with Crippen molar-refractivity contribution in [2.24, 2.45) is 0 Å². The summed E-state index contributed by atoms with van der Waals surface area (Å²) < 4.78 is 12.8. The molecule has 1 aromatic carbocycles. The molecule has 3 rings (SSSR count). The highest BCUT2D eigenvalue weighted by Crippen LogP contribution is 2.38. The predicted molar refractivity (Wildman–Crippen MR) is 118 cm³/mol. The van der Waals surface area contributed by atoms with Crippen LogP contribution in [0.1, 0.15) is 48.5 Å². The SMILES string of the molecule is COc1ccc(N(C)CC(=O)Nc2c(C#N)c(C)c(C)n2C2CCCC2)cc1OC. The van der Waals surface area contributed by atoms with Gasteiger partial charge in [0.1, 0.15) is 11.9 Å². The predicted octanol–water partition coefficient (Wildman–Crippen LogP) is 4.18. The Hall–Kier alpha value is -3.14. The van der Waals surface area contributed by atoms with Gasteiger partial charge in [-0.15, -0.1) is 0 Å². The molecule has 1 aliphatic rings. The van der Waals surface area contributed by atoms with E-state index in [-0.39, 0.29) is 12.5 Å². The van der Waals surface area contributed by atoms with E-state index in [1.54, 1.807) is 14.2 Å². The molecular formula is C23H30N4O3. The average molecular weight is 411 g/mol. The maximum absolute atomic E-state index is 12.9. The Morgan fingerprint density at radius 1 is 1.23 bits per heavy atom. The Balaban J connectivity index is 1.81. The lowest BCUT2D eigenvalue weighted by Gasteiger charge is -2.22. The van der Waals surface area contributed by atoms with Crippen LogP contribution in [0.25, 0.3) is 0 Å². The number of benzene rings is 1. The van der Waals surface area contributed by atoms with E-state index in [0.29, 0.717) is 28.9 Å². The maximum atomic E-state index is 12.9. The third kappa shape index (κ3) is 4.09. The molecule has 0 spiro atoms. The molecule has 160 valence electrons. The summed E-state index contributed by atoms with van der Waals surface area (Å²) in [6.07, 6.45) is 4.51. The molecule has 1 saturated carbocycles. The summed E-state index contributed by atoms with van der Waals surface area (Å²) in [5.74, 6) is 1.71. The number of hydrogen-bond acceptors (Lipinski definition) is 5. The molecule has 0 unspecified atom stereocenters. The zero-order chi connectivity index (χ0) is 21.8. The minimum atomic E-state index is -0.166. The Kier molecular flexibility index (Phi) is 6.56. The summed E-state index contributed by atoms with van der Waals surface area (Å²) in [6, 6.07) is 8.15. The van der Waals surface area contributed by atoms with Gasteiger partial charge >= 0.3 is 0 Å². The molecule has 30 heavy (non-hydrogen) atoms. The fourth-order valence-electron chi connectivity index (χ4n) is 4.25. The molecule has 0 radical (unpaired) electrons. The van der Waals surface area contributed by atoms with Crippen LogP contribution in [0.5, 0.6) is 11.5 Å². The van der Waals surface area contributed by atoms with Gasteiger partial charge in [0.15, 0.2) is 11.5 Å². The number of hydrogen-bond donors (Lipinski definition) is 1. The van der Waals surface area contributed by atoms with Crippen LogP contribution in [0.4, 0.5) is 11.5 Å². The van der Waals surface area contributed by atoms with Crippen LogP contribution in [0.2, 0.25) is 0 Å². The van der Waals surface area contributed by atoms with Gasteiger partial charge in [0.2, 0.25) is 5.91 Å². The number of amides is 1. The van der Waals surface area contributed by atoms with Gasteiger partial charge in [-0.25, -0.2) is 0 Å². The third-order valence-corrected chi connectivity index (χ3v) is 6.00. The maximum Gasteiger partial charge on any atom is 0.245 e. The topological polar surface area (TPSA) is 79.5 Å². The number of carbonyl (C=O) groups excluding carboxylic acids is 1. The van der Waals surface area contributed by atoms with Crippen LogP contribution in [0, 0.1) is 25.2 Å². The van der Waals surface area contributed by atoms with Crippen LogP contribution in [-0.2, 0) is 4.79 Å². The number of methoxy groups -OCH3 is 2. The van der Waals surface area contributed by atoms with Gasteiger partial charge < -0.3 is 24.3 Å². The second-order valence-corrected chi connectivity index (χ2v) is 7.80. The third-order valence-electron chi connectivity index (χ3n) is 6.00. The van der Waals surface area contributed by atoms with Crippen molar-refractivity contribution < 1.29 is 14.3 Å². The van der Waals surface area contributed by atoms with Crippen molar-refractivity contribution in [3.05, 3.63) is 35.0 Å². The minimum absolute atomic E-state index is 0.147. The molecule has 1 aliphatic carbocycles. The zero-order valence-corrected chi connectivity index (χ0v) is 18.4. The van der Waals surface area contributed by atoms with Gasteiger partial charge in [-0.3, -0.25) is 4.79 Å². The summed E-state index contributed by atoms with van der Waals surface area (Å²) >= 11 is 0. The van der Waals surface area contributed by atoms with Crippen LogP contribution in [-0.4, -0.2) is 38.3 Å². The van der Waals surface area contributed by atoms with Crippen LogP contribution in [0.3, 0.4) is 0 Å². The lowest BCUT2D eigenvalue weighted by molar-refractivity contribution is -0.115. The summed E-state index contributed by atoms with van der Waals surface area (Å²) in [7, 11) is 5.02. The Morgan fingerprint density at radius 2 is 1.90 bits per heavy atom. The highest BCUT2D eigenvalue weighted by Gasteiger charge is 2.27. The molecule has 7 heteroatoms. The van der Waals surface area contributed by atoms with Crippen molar-refractivity contribution in [1.82, 2.24) is 4.57 Å². The van der Waals surface area contributed by atoms with E-state index < -0.39 is 0 Å². The lowest BCUT2D eigenvalue weighted by atomic mass is 10.2. The Morgan fingerprint density at radius 3 is 2.50 bits per heavy atom. The number of rotatable bonds is 7. The molecule has 1 amide bonds. The fourth-order valence-corrected chi connectivity index (χ4v) is 4.25. The molecule has 0 atom stereocenters. The van der Waals surface area contributed by atoms with Crippen LogP contribution < -0.4 is 19.7 Å². The van der Waals surface area contributed by atoms with Crippen molar-refractivity contribution in [3.63, 3.8) is 0 Å². The van der Waals surface area contributed by atoms with Crippen LogP contribution >= 0.6 is 0 Å². The minimum Gasteiger partial charge on any atom is -0.493 e. The van der Waals surface area contributed by atoms with E-state index in [4.69, 9.17) is 9.47 Å². The van der Waals surface area contributed by atoms with E-state index in [9.17, 15) is 10.1 Å². The second-order valence-electron chi connectivity index (χ2n) is 7.80. The number of ether oxygens (including phenoxy) is 2. The number of anilines is 2. The smallest absolute Gasteiger partial charge is 0.245 e. The molecule has 2 aromatic rings. The lowest BCUT2D eigenvalue weighted by Crippen LogP contribution is -2.31. The molecule has 1 heterocycles. The largest absolute Gasteiger partial charge is 0.493 e. The number of nitrogens with zero attached hydrogens (tertiary/aromatic N) is 3. The zero-order valence-electron chi connectivity index (χ0n) is 18.4. The summed E-state index contributed by atoms with van der Waals surface area (Å²) in [6.45, 7) is 4.12. The Bertz CT molecular complexity index is 968. The van der Waals surface area contributed by atoms with Crippen molar-refractivity contribution >= 4 is 17.4 Å². The highest BCUT2D eigenvalue weighted by molar-refractivity contribution is 5.95. The monoisotopic (exact) mass is 410 g/mol. The number of carbonyl (C=O) groups is 1. The van der Waals surface area contributed by atoms with Crippen molar-refractivity contribution in [2.75, 3.05) is 38.0 Å².